The van der Waals surface area contributed by atoms with Crippen LogP contribution in [0.1, 0.15) is 11.3 Å². The van der Waals surface area contributed by atoms with Crippen LogP contribution in [0.5, 0.6) is 0 Å². The first-order valence-electron chi connectivity index (χ1n) is 5.08. The van der Waals surface area contributed by atoms with E-state index in [0.29, 0.717) is 10.7 Å². The van der Waals surface area contributed by atoms with Crippen molar-refractivity contribution in [2.24, 2.45) is 0 Å². The molecule has 0 bridgehead atoms. The highest BCUT2D eigenvalue weighted by Crippen LogP contribution is 2.26. The Labute approximate surface area is 105 Å². The van der Waals surface area contributed by atoms with E-state index in [1.54, 1.807) is 18.3 Å². The van der Waals surface area contributed by atoms with E-state index in [9.17, 15) is 0 Å². The average Bonchev–Trinajstić information content (AvgIpc) is 2.33. The van der Waals surface area contributed by atoms with Crippen LogP contribution in [0.3, 0.4) is 0 Å². The van der Waals surface area contributed by atoms with Crippen LogP contribution >= 0.6 is 11.6 Å². The lowest BCUT2D eigenvalue weighted by Gasteiger charge is -2.08. The van der Waals surface area contributed by atoms with Gasteiger partial charge in [0.2, 0.25) is 0 Å². The van der Waals surface area contributed by atoms with Gasteiger partial charge in [-0.2, -0.15) is 5.26 Å². The molecule has 2 aromatic rings. The standard InChI is InChI=1S/C13H10ClN3/c1-9-2-3-13(12(14)6-9)17-10-4-5-16-11(7-10)8-15/h2-7H,1H3,(H,16,17). The maximum absolute atomic E-state index is 8.75. The number of rotatable bonds is 2. The Morgan fingerprint density at radius 3 is 2.82 bits per heavy atom. The largest absolute Gasteiger partial charge is 0.354 e. The number of aromatic nitrogens is 1. The summed E-state index contributed by atoms with van der Waals surface area (Å²) in [6, 6.07) is 11.2. The van der Waals surface area contributed by atoms with E-state index in [2.05, 4.69) is 10.3 Å². The van der Waals surface area contributed by atoms with E-state index in [1.165, 1.54) is 0 Å². The van der Waals surface area contributed by atoms with Crippen LogP contribution in [-0.2, 0) is 0 Å². The summed E-state index contributed by atoms with van der Waals surface area (Å²) in [5, 5.41) is 12.6. The summed E-state index contributed by atoms with van der Waals surface area (Å²) in [7, 11) is 0. The fourth-order valence-corrected chi connectivity index (χ4v) is 1.73. The minimum atomic E-state index is 0.373. The number of nitriles is 1. The Morgan fingerprint density at radius 2 is 2.12 bits per heavy atom. The zero-order chi connectivity index (χ0) is 12.3. The number of halogens is 1. The molecule has 1 heterocycles. The van der Waals surface area contributed by atoms with Crippen LogP contribution in [-0.4, -0.2) is 4.98 Å². The first-order valence-corrected chi connectivity index (χ1v) is 5.46. The highest BCUT2D eigenvalue weighted by Gasteiger charge is 2.01. The summed E-state index contributed by atoms with van der Waals surface area (Å²) in [5.41, 5.74) is 3.08. The number of nitrogens with zero attached hydrogens (tertiary/aromatic N) is 2. The van der Waals surface area contributed by atoms with Crippen molar-refractivity contribution < 1.29 is 0 Å². The van der Waals surface area contributed by atoms with Gasteiger partial charge in [0.05, 0.1) is 10.7 Å². The van der Waals surface area contributed by atoms with Crippen molar-refractivity contribution in [3.63, 3.8) is 0 Å². The van der Waals surface area contributed by atoms with Crippen molar-refractivity contribution in [3.05, 3.63) is 52.8 Å². The molecule has 0 atom stereocenters. The molecule has 17 heavy (non-hydrogen) atoms. The average molecular weight is 244 g/mol. The van der Waals surface area contributed by atoms with Crippen molar-refractivity contribution in [2.45, 2.75) is 6.92 Å². The van der Waals surface area contributed by atoms with Crippen LogP contribution in [0.15, 0.2) is 36.5 Å². The van der Waals surface area contributed by atoms with Gasteiger partial charge >= 0.3 is 0 Å². The second-order valence-corrected chi connectivity index (χ2v) is 4.06. The maximum atomic E-state index is 8.75. The van der Waals surface area contributed by atoms with Gasteiger partial charge in [-0.25, -0.2) is 4.98 Å². The van der Waals surface area contributed by atoms with Crippen LogP contribution in [0.25, 0.3) is 0 Å². The summed E-state index contributed by atoms with van der Waals surface area (Å²) in [5.74, 6) is 0. The molecule has 4 heteroatoms. The molecule has 0 aliphatic heterocycles. The van der Waals surface area contributed by atoms with E-state index in [4.69, 9.17) is 16.9 Å². The summed E-state index contributed by atoms with van der Waals surface area (Å²) < 4.78 is 0. The smallest absolute Gasteiger partial charge is 0.142 e. The summed E-state index contributed by atoms with van der Waals surface area (Å²) in [6.07, 6.45) is 1.59. The van der Waals surface area contributed by atoms with E-state index >= 15 is 0 Å². The molecule has 0 aliphatic carbocycles. The highest BCUT2D eigenvalue weighted by atomic mass is 35.5. The lowest BCUT2D eigenvalue weighted by atomic mass is 10.2. The molecule has 0 amide bonds. The Kier molecular flexibility index (Phi) is 3.27. The predicted molar refractivity (Wildman–Crippen MR) is 68.4 cm³/mol. The monoisotopic (exact) mass is 243 g/mol. The van der Waals surface area contributed by atoms with Gasteiger partial charge in [0.1, 0.15) is 11.8 Å². The van der Waals surface area contributed by atoms with Gasteiger partial charge in [-0.1, -0.05) is 17.7 Å². The van der Waals surface area contributed by atoms with E-state index in [-0.39, 0.29) is 0 Å². The Hall–Kier alpha value is -2.05. The van der Waals surface area contributed by atoms with E-state index < -0.39 is 0 Å². The molecule has 84 valence electrons. The van der Waals surface area contributed by atoms with Gasteiger partial charge in [-0.15, -0.1) is 0 Å². The number of anilines is 2. The Balaban J connectivity index is 2.28. The SMILES string of the molecule is Cc1ccc(Nc2ccnc(C#N)c2)c(Cl)c1. The van der Waals surface area contributed by atoms with Crippen molar-refractivity contribution in [2.75, 3.05) is 5.32 Å². The van der Waals surface area contributed by atoms with E-state index in [1.807, 2.05) is 31.2 Å². The molecule has 0 unspecified atom stereocenters. The fraction of sp³-hybridized carbons (Fsp3) is 0.0769. The normalized spacial score (nSPS) is 9.71. The number of pyridine rings is 1. The van der Waals surface area contributed by atoms with Crippen molar-refractivity contribution in [1.29, 1.82) is 5.26 Å². The molecular weight excluding hydrogens is 234 g/mol. The summed E-state index contributed by atoms with van der Waals surface area (Å²) in [6.45, 7) is 1.98. The van der Waals surface area contributed by atoms with Crippen LogP contribution in [0.2, 0.25) is 5.02 Å². The molecule has 0 radical (unpaired) electrons. The van der Waals surface area contributed by atoms with Crippen LogP contribution in [0, 0.1) is 18.3 Å². The molecule has 0 saturated heterocycles. The third-order valence-electron chi connectivity index (χ3n) is 2.28. The topological polar surface area (TPSA) is 48.7 Å². The fourth-order valence-electron chi connectivity index (χ4n) is 1.45. The van der Waals surface area contributed by atoms with Gasteiger partial charge in [0.25, 0.3) is 0 Å². The number of aryl methyl sites for hydroxylation is 1. The van der Waals surface area contributed by atoms with Crippen molar-refractivity contribution in [1.82, 2.24) is 4.98 Å². The lowest BCUT2D eigenvalue weighted by molar-refractivity contribution is 1.26. The third kappa shape index (κ3) is 2.74. The number of nitrogens with one attached hydrogen (secondary N) is 1. The molecule has 1 aromatic heterocycles. The molecule has 1 N–H and O–H groups in total. The molecule has 1 aromatic carbocycles. The van der Waals surface area contributed by atoms with Gasteiger partial charge in [0.15, 0.2) is 0 Å². The van der Waals surface area contributed by atoms with Crippen molar-refractivity contribution >= 4 is 23.0 Å². The first-order chi connectivity index (χ1) is 8.19. The Morgan fingerprint density at radius 1 is 1.29 bits per heavy atom. The highest BCUT2D eigenvalue weighted by molar-refractivity contribution is 6.33. The Bertz CT molecular complexity index is 587. The minimum absolute atomic E-state index is 0.373. The van der Waals surface area contributed by atoms with Gasteiger partial charge in [0, 0.05) is 11.9 Å². The summed E-state index contributed by atoms with van der Waals surface area (Å²) >= 11 is 6.11. The third-order valence-corrected chi connectivity index (χ3v) is 2.59. The van der Waals surface area contributed by atoms with E-state index in [0.717, 1.165) is 16.9 Å². The summed E-state index contributed by atoms with van der Waals surface area (Å²) in [4.78, 5) is 3.90. The predicted octanol–water partition coefficient (Wildman–Crippen LogP) is 3.66. The molecule has 2 rings (SSSR count). The zero-order valence-corrected chi connectivity index (χ0v) is 9.99. The molecule has 0 spiro atoms. The zero-order valence-electron chi connectivity index (χ0n) is 9.24. The van der Waals surface area contributed by atoms with Crippen LogP contribution < -0.4 is 5.32 Å². The van der Waals surface area contributed by atoms with Gasteiger partial charge in [-0.05, 0) is 36.8 Å². The molecule has 0 fully saturated rings. The number of hydrogen-bond acceptors (Lipinski definition) is 3. The quantitative estimate of drug-likeness (QED) is 0.876. The molecule has 0 aliphatic rings. The second kappa shape index (κ2) is 4.86. The van der Waals surface area contributed by atoms with Crippen molar-refractivity contribution in [3.8, 4) is 6.07 Å². The van der Waals surface area contributed by atoms with Crippen LogP contribution in [0.4, 0.5) is 11.4 Å². The number of benzene rings is 1. The first kappa shape index (κ1) is 11.4. The number of hydrogen-bond donors (Lipinski definition) is 1. The van der Waals surface area contributed by atoms with Gasteiger partial charge in [-0.3, -0.25) is 0 Å². The minimum Gasteiger partial charge on any atom is -0.354 e. The molecule has 0 saturated carbocycles. The second-order valence-electron chi connectivity index (χ2n) is 3.65. The molecular formula is C13H10ClN3. The van der Waals surface area contributed by atoms with Gasteiger partial charge < -0.3 is 5.32 Å². The lowest BCUT2D eigenvalue weighted by Crippen LogP contribution is -1.93. The maximum Gasteiger partial charge on any atom is 0.142 e. The molecule has 3 nitrogen and oxygen atoms in total.